The molecule has 0 saturated carbocycles. The van der Waals surface area contributed by atoms with Gasteiger partial charge < -0.3 is 9.80 Å². The van der Waals surface area contributed by atoms with Crippen LogP contribution < -0.4 is 0 Å². The van der Waals surface area contributed by atoms with Crippen LogP contribution in [0, 0.1) is 11.7 Å². The number of nitrogens with one attached hydrogen (secondary N) is 1. The van der Waals surface area contributed by atoms with Crippen molar-refractivity contribution in [3.05, 3.63) is 70.5 Å². The summed E-state index contributed by atoms with van der Waals surface area (Å²) in [6.07, 6.45) is 0.333. The van der Waals surface area contributed by atoms with E-state index in [1.54, 1.807) is 4.90 Å². The SMILES string of the molecule is Cc1cccc(-c2n[nH]c(=S)n2CCC(=O)N2CCN(C(=O)c3ccccc3)CC2)c1. The fourth-order valence-corrected chi connectivity index (χ4v) is 4.04. The summed E-state index contributed by atoms with van der Waals surface area (Å²) in [5, 5.41) is 7.19. The molecule has 0 aliphatic carbocycles. The monoisotopic (exact) mass is 435 g/mol. The van der Waals surface area contributed by atoms with Gasteiger partial charge in [-0.3, -0.25) is 19.3 Å². The molecule has 1 fully saturated rings. The highest BCUT2D eigenvalue weighted by molar-refractivity contribution is 7.71. The molecule has 0 spiro atoms. The lowest BCUT2D eigenvalue weighted by Crippen LogP contribution is -2.50. The van der Waals surface area contributed by atoms with Gasteiger partial charge in [0.2, 0.25) is 5.91 Å². The predicted molar refractivity (Wildman–Crippen MR) is 121 cm³/mol. The number of hydrogen-bond acceptors (Lipinski definition) is 4. The molecular weight excluding hydrogens is 410 g/mol. The second-order valence-electron chi connectivity index (χ2n) is 7.66. The number of aromatic nitrogens is 3. The van der Waals surface area contributed by atoms with Crippen LogP contribution in [0.3, 0.4) is 0 Å². The van der Waals surface area contributed by atoms with E-state index in [4.69, 9.17) is 12.2 Å². The Morgan fingerprint density at radius 3 is 2.42 bits per heavy atom. The number of hydrogen-bond donors (Lipinski definition) is 1. The first-order valence-corrected chi connectivity index (χ1v) is 10.8. The molecule has 31 heavy (non-hydrogen) atoms. The predicted octanol–water partition coefficient (Wildman–Crippen LogP) is 3.29. The molecule has 1 N–H and O–H groups in total. The molecule has 1 aliphatic rings. The summed E-state index contributed by atoms with van der Waals surface area (Å²) in [6.45, 7) is 4.65. The van der Waals surface area contributed by atoms with Crippen molar-refractivity contribution < 1.29 is 9.59 Å². The van der Waals surface area contributed by atoms with Crippen LogP contribution in [-0.4, -0.2) is 62.6 Å². The summed E-state index contributed by atoms with van der Waals surface area (Å²) in [4.78, 5) is 29.0. The minimum atomic E-state index is 0.0141. The molecule has 2 aromatic carbocycles. The first-order valence-electron chi connectivity index (χ1n) is 10.4. The van der Waals surface area contributed by atoms with E-state index in [-0.39, 0.29) is 11.8 Å². The third kappa shape index (κ3) is 4.74. The van der Waals surface area contributed by atoms with Gasteiger partial charge in [-0.25, -0.2) is 0 Å². The van der Waals surface area contributed by atoms with Gasteiger partial charge in [-0.15, -0.1) is 0 Å². The fourth-order valence-electron chi connectivity index (χ4n) is 3.82. The normalized spacial score (nSPS) is 14.0. The maximum atomic E-state index is 12.8. The molecule has 8 heteroatoms. The summed E-state index contributed by atoms with van der Waals surface area (Å²) in [5.74, 6) is 0.810. The Morgan fingerprint density at radius 2 is 1.71 bits per heavy atom. The number of piperazine rings is 1. The minimum absolute atomic E-state index is 0.0141. The molecule has 4 rings (SSSR count). The van der Waals surface area contributed by atoms with Crippen LogP contribution in [-0.2, 0) is 11.3 Å². The van der Waals surface area contributed by atoms with Gasteiger partial charge in [-0.1, -0.05) is 42.0 Å². The van der Waals surface area contributed by atoms with E-state index in [2.05, 4.69) is 10.2 Å². The quantitative estimate of drug-likeness (QED) is 0.624. The van der Waals surface area contributed by atoms with Gasteiger partial charge in [0.05, 0.1) is 0 Å². The van der Waals surface area contributed by atoms with E-state index < -0.39 is 0 Å². The van der Waals surface area contributed by atoms with Crippen LogP contribution in [0.5, 0.6) is 0 Å². The van der Waals surface area contributed by atoms with Crippen molar-refractivity contribution in [2.45, 2.75) is 19.9 Å². The Balaban J connectivity index is 1.35. The van der Waals surface area contributed by atoms with Crippen molar-refractivity contribution in [3.63, 3.8) is 0 Å². The zero-order valence-corrected chi connectivity index (χ0v) is 18.3. The van der Waals surface area contributed by atoms with Crippen molar-refractivity contribution in [1.82, 2.24) is 24.6 Å². The van der Waals surface area contributed by atoms with Crippen molar-refractivity contribution >= 4 is 24.0 Å². The van der Waals surface area contributed by atoms with Crippen LogP contribution in [0.15, 0.2) is 54.6 Å². The molecule has 0 bridgehead atoms. The zero-order chi connectivity index (χ0) is 21.8. The number of amides is 2. The van der Waals surface area contributed by atoms with Crippen molar-refractivity contribution in [2.24, 2.45) is 0 Å². The highest BCUT2D eigenvalue weighted by Crippen LogP contribution is 2.19. The van der Waals surface area contributed by atoms with Crippen LogP contribution in [0.2, 0.25) is 0 Å². The molecule has 7 nitrogen and oxygen atoms in total. The number of aromatic amines is 1. The van der Waals surface area contributed by atoms with Crippen molar-refractivity contribution in [1.29, 1.82) is 0 Å². The van der Waals surface area contributed by atoms with Gasteiger partial charge in [0, 0.05) is 50.3 Å². The third-order valence-corrected chi connectivity index (χ3v) is 5.84. The van der Waals surface area contributed by atoms with Gasteiger partial charge in [-0.05, 0) is 37.3 Å². The third-order valence-electron chi connectivity index (χ3n) is 5.52. The number of rotatable bonds is 5. The van der Waals surface area contributed by atoms with E-state index in [1.807, 2.05) is 71.0 Å². The lowest BCUT2D eigenvalue weighted by Gasteiger charge is -2.35. The number of benzene rings is 2. The molecule has 160 valence electrons. The van der Waals surface area contributed by atoms with Crippen LogP contribution in [0.4, 0.5) is 0 Å². The molecule has 1 aromatic heterocycles. The summed E-state index contributed by atoms with van der Waals surface area (Å²) >= 11 is 5.38. The number of carbonyl (C=O) groups is 2. The van der Waals surface area contributed by atoms with Gasteiger partial charge in [0.1, 0.15) is 0 Å². The topological polar surface area (TPSA) is 74.2 Å². The van der Waals surface area contributed by atoms with E-state index in [0.29, 0.717) is 49.5 Å². The van der Waals surface area contributed by atoms with E-state index in [1.165, 1.54) is 0 Å². The summed E-state index contributed by atoms with van der Waals surface area (Å²) < 4.78 is 2.37. The molecule has 2 amide bonds. The number of nitrogens with zero attached hydrogens (tertiary/aromatic N) is 4. The Hall–Kier alpha value is -3.26. The molecule has 0 radical (unpaired) electrons. The molecular formula is C23H25N5O2S. The van der Waals surface area contributed by atoms with Crippen LogP contribution in [0.25, 0.3) is 11.4 Å². The van der Waals surface area contributed by atoms with Crippen LogP contribution >= 0.6 is 12.2 Å². The van der Waals surface area contributed by atoms with Crippen LogP contribution in [0.1, 0.15) is 22.3 Å². The van der Waals surface area contributed by atoms with E-state index in [0.717, 1.165) is 17.0 Å². The first kappa shape index (κ1) is 21.0. The average Bonchev–Trinajstić information content (AvgIpc) is 3.18. The lowest BCUT2D eigenvalue weighted by atomic mass is 10.1. The number of carbonyl (C=O) groups excluding carboxylic acids is 2. The lowest BCUT2D eigenvalue weighted by molar-refractivity contribution is -0.132. The van der Waals surface area contributed by atoms with E-state index in [9.17, 15) is 9.59 Å². The van der Waals surface area contributed by atoms with Crippen molar-refractivity contribution in [3.8, 4) is 11.4 Å². The van der Waals surface area contributed by atoms with Crippen molar-refractivity contribution in [2.75, 3.05) is 26.2 Å². The van der Waals surface area contributed by atoms with Gasteiger partial charge in [0.15, 0.2) is 10.6 Å². The molecule has 0 atom stereocenters. The standard InChI is InChI=1S/C23H25N5O2S/c1-17-6-5-9-19(16-17)21-24-25-23(31)28(21)11-10-20(29)26-12-14-27(15-13-26)22(30)18-7-3-2-4-8-18/h2-9,16H,10-15H2,1H3,(H,25,31). The molecule has 2 heterocycles. The Kier molecular flexibility index (Phi) is 6.27. The fraction of sp³-hybridized carbons (Fsp3) is 0.304. The Bertz CT molecular complexity index is 1130. The molecule has 3 aromatic rings. The highest BCUT2D eigenvalue weighted by atomic mass is 32.1. The molecule has 1 aliphatic heterocycles. The molecule has 1 saturated heterocycles. The second kappa shape index (κ2) is 9.26. The zero-order valence-electron chi connectivity index (χ0n) is 17.5. The first-order chi connectivity index (χ1) is 15.0. The number of H-pyrrole nitrogens is 1. The summed E-state index contributed by atoms with van der Waals surface area (Å²) in [6, 6.07) is 17.3. The second-order valence-corrected chi connectivity index (χ2v) is 8.05. The Labute approximate surface area is 186 Å². The smallest absolute Gasteiger partial charge is 0.253 e. The average molecular weight is 436 g/mol. The van der Waals surface area contributed by atoms with Gasteiger partial charge >= 0.3 is 0 Å². The van der Waals surface area contributed by atoms with Gasteiger partial charge in [-0.2, -0.15) is 5.10 Å². The summed E-state index contributed by atoms with van der Waals surface area (Å²) in [5.41, 5.74) is 2.78. The maximum absolute atomic E-state index is 12.8. The Morgan fingerprint density at radius 1 is 1.00 bits per heavy atom. The number of aryl methyl sites for hydroxylation is 1. The maximum Gasteiger partial charge on any atom is 0.253 e. The summed E-state index contributed by atoms with van der Waals surface area (Å²) in [7, 11) is 0. The minimum Gasteiger partial charge on any atom is -0.339 e. The highest BCUT2D eigenvalue weighted by Gasteiger charge is 2.25. The van der Waals surface area contributed by atoms with Gasteiger partial charge in [0.25, 0.3) is 5.91 Å². The van der Waals surface area contributed by atoms with E-state index >= 15 is 0 Å². The molecule has 0 unspecified atom stereocenters. The largest absolute Gasteiger partial charge is 0.339 e.